The van der Waals surface area contributed by atoms with Crippen LogP contribution in [0.2, 0.25) is 0 Å². The molecule has 0 aliphatic heterocycles. The van der Waals surface area contributed by atoms with Crippen LogP contribution in [0, 0.1) is 0 Å². The quantitative estimate of drug-likeness (QED) is 0.425. The Bertz CT molecular complexity index is 382. The van der Waals surface area contributed by atoms with Gasteiger partial charge in [-0.25, -0.2) is 0 Å². The van der Waals surface area contributed by atoms with Crippen LogP contribution in [-0.4, -0.2) is 23.9 Å². The monoisotopic (exact) mass is 201 g/mol. The lowest BCUT2D eigenvalue weighted by Crippen LogP contribution is -2.29. The average Bonchev–Trinajstić information content (AvgIpc) is 2.26. The highest BCUT2D eigenvalue weighted by Crippen LogP contribution is 2.13. The van der Waals surface area contributed by atoms with Crippen molar-refractivity contribution >= 4 is 25.0 Å². The summed E-state index contributed by atoms with van der Waals surface area (Å²) in [5.74, 6) is 0. The molecule has 76 valence electrons. The third-order valence-electron chi connectivity index (χ3n) is 1.95. The van der Waals surface area contributed by atoms with E-state index in [0.29, 0.717) is 11.2 Å². The third-order valence-corrected chi connectivity index (χ3v) is 1.95. The van der Waals surface area contributed by atoms with Crippen molar-refractivity contribution in [3.63, 3.8) is 0 Å². The number of nitrogens with zero attached hydrogens (tertiary/aromatic N) is 1. The van der Waals surface area contributed by atoms with Crippen LogP contribution in [0.4, 0.5) is 0 Å². The lowest BCUT2D eigenvalue weighted by atomic mass is 9.80. The predicted octanol–water partition coefficient (Wildman–Crippen LogP) is 0.594. The Morgan fingerprint density at radius 2 is 1.87 bits per heavy atom. The van der Waals surface area contributed by atoms with E-state index in [4.69, 9.17) is 10.0 Å². The second-order valence-corrected chi connectivity index (χ2v) is 2.94. The molecule has 0 aromatic heterocycles. The van der Waals surface area contributed by atoms with Crippen LogP contribution >= 0.6 is 0 Å². The lowest BCUT2D eigenvalue weighted by Gasteiger charge is -2.03. The van der Waals surface area contributed by atoms with Crippen LogP contribution < -0.4 is 5.46 Å². The first-order chi connectivity index (χ1) is 7.19. The summed E-state index contributed by atoms with van der Waals surface area (Å²) in [6.07, 6.45) is 3.36. The van der Waals surface area contributed by atoms with Gasteiger partial charge in [0.05, 0.1) is 5.70 Å². The van der Waals surface area contributed by atoms with Crippen LogP contribution in [0.3, 0.4) is 0 Å². The van der Waals surface area contributed by atoms with E-state index >= 15 is 0 Å². The maximum absolute atomic E-state index is 8.90. The van der Waals surface area contributed by atoms with Crippen molar-refractivity contribution in [3.8, 4) is 0 Å². The first-order valence-electron chi connectivity index (χ1n) is 4.45. The molecule has 0 fully saturated rings. The predicted molar refractivity (Wildman–Crippen MR) is 64.0 cm³/mol. The molecule has 0 saturated carbocycles. The summed E-state index contributed by atoms with van der Waals surface area (Å²) in [4.78, 5) is 3.84. The Kier molecular flexibility index (Phi) is 4.03. The number of rotatable bonds is 4. The molecule has 1 rings (SSSR count). The molecule has 0 spiro atoms. The molecule has 4 heteroatoms. The van der Waals surface area contributed by atoms with E-state index in [0.717, 1.165) is 5.56 Å². The van der Waals surface area contributed by atoms with Gasteiger partial charge in [-0.15, -0.1) is 0 Å². The van der Waals surface area contributed by atoms with Crippen molar-refractivity contribution in [1.29, 1.82) is 0 Å². The highest BCUT2D eigenvalue weighted by molar-refractivity contribution is 6.58. The summed E-state index contributed by atoms with van der Waals surface area (Å²) in [7, 11) is -1.44. The van der Waals surface area contributed by atoms with E-state index in [2.05, 4.69) is 18.3 Å². The molecule has 0 aliphatic carbocycles. The number of benzene rings is 1. The zero-order chi connectivity index (χ0) is 11.3. The van der Waals surface area contributed by atoms with E-state index in [1.165, 1.54) is 0 Å². The zero-order valence-corrected chi connectivity index (χ0v) is 8.30. The molecule has 0 atom stereocenters. The minimum atomic E-state index is -1.44. The molecule has 0 saturated heterocycles. The molecule has 1 aromatic rings. The van der Waals surface area contributed by atoms with Gasteiger partial charge in [-0.2, -0.15) is 0 Å². The lowest BCUT2D eigenvalue weighted by molar-refractivity contribution is 0.426. The summed E-state index contributed by atoms with van der Waals surface area (Å²) in [5, 5.41) is 17.8. The van der Waals surface area contributed by atoms with Crippen molar-refractivity contribution in [2.24, 2.45) is 4.99 Å². The van der Waals surface area contributed by atoms with E-state index in [1.54, 1.807) is 36.4 Å². The van der Waals surface area contributed by atoms with Crippen molar-refractivity contribution in [1.82, 2.24) is 0 Å². The molecule has 0 unspecified atom stereocenters. The molecular weight excluding hydrogens is 189 g/mol. The van der Waals surface area contributed by atoms with Crippen molar-refractivity contribution in [2.75, 3.05) is 0 Å². The van der Waals surface area contributed by atoms with Crippen LogP contribution in [0.5, 0.6) is 0 Å². The van der Waals surface area contributed by atoms with Gasteiger partial charge in [-0.3, -0.25) is 4.99 Å². The Hall–Kier alpha value is -1.65. The summed E-state index contributed by atoms with van der Waals surface area (Å²) in [6, 6.07) is 6.75. The fraction of sp³-hybridized carbons (Fsp3) is 0. The highest BCUT2D eigenvalue weighted by Gasteiger charge is 2.10. The second-order valence-electron chi connectivity index (χ2n) is 2.94. The summed E-state index contributed by atoms with van der Waals surface area (Å²) < 4.78 is 0. The number of aliphatic imine (C=N–C) groups is 1. The van der Waals surface area contributed by atoms with Crippen molar-refractivity contribution in [2.45, 2.75) is 0 Å². The van der Waals surface area contributed by atoms with Crippen LogP contribution in [0.25, 0.3) is 5.70 Å². The van der Waals surface area contributed by atoms with Crippen molar-refractivity contribution in [3.05, 3.63) is 48.6 Å². The normalized spacial score (nSPS) is 10.9. The number of hydrogen-bond acceptors (Lipinski definition) is 3. The molecular formula is C11H12BNO2. The standard InChI is InChI=1S/C11H12BNO2/c1-3-4-11(13-2)9-5-7-10(8-6-9)12(14)15/h3-8,14-15H,1-2H2/b11-4-. The zero-order valence-electron chi connectivity index (χ0n) is 8.30. The van der Waals surface area contributed by atoms with E-state index in [-0.39, 0.29) is 0 Å². The highest BCUT2D eigenvalue weighted by atomic mass is 16.4. The van der Waals surface area contributed by atoms with Gasteiger partial charge in [-0.1, -0.05) is 36.9 Å². The molecule has 0 amide bonds. The van der Waals surface area contributed by atoms with Crippen molar-refractivity contribution < 1.29 is 10.0 Å². The van der Waals surface area contributed by atoms with Gasteiger partial charge in [0.25, 0.3) is 0 Å². The Morgan fingerprint density at radius 3 is 2.27 bits per heavy atom. The first-order valence-corrected chi connectivity index (χ1v) is 4.45. The Labute approximate surface area is 89.3 Å². The third kappa shape index (κ3) is 2.90. The molecule has 0 radical (unpaired) electrons. The second kappa shape index (κ2) is 5.29. The molecule has 1 aromatic carbocycles. The molecule has 0 aliphatic rings. The van der Waals surface area contributed by atoms with Gasteiger partial charge in [0.2, 0.25) is 0 Å². The van der Waals surface area contributed by atoms with Crippen LogP contribution in [-0.2, 0) is 0 Å². The van der Waals surface area contributed by atoms with Gasteiger partial charge in [0.15, 0.2) is 0 Å². The number of hydrogen-bond donors (Lipinski definition) is 2. The minimum Gasteiger partial charge on any atom is -0.423 e. The van der Waals surface area contributed by atoms with Crippen LogP contribution in [0.15, 0.2) is 48.0 Å². The molecule has 2 N–H and O–H groups in total. The van der Waals surface area contributed by atoms with Crippen LogP contribution in [0.1, 0.15) is 5.56 Å². The maximum atomic E-state index is 8.90. The smallest absolute Gasteiger partial charge is 0.423 e. The Morgan fingerprint density at radius 1 is 1.27 bits per heavy atom. The fourth-order valence-electron chi connectivity index (χ4n) is 1.18. The van der Waals surface area contributed by atoms with E-state index in [1.807, 2.05) is 0 Å². The molecule has 0 heterocycles. The van der Waals surface area contributed by atoms with Gasteiger partial charge >= 0.3 is 7.12 Å². The average molecular weight is 201 g/mol. The van der Waals surface area contributed by atoms with E-state index < -0.39 is 7.12 Å². The fourth-order valence-corrected chi connectivity index (χ4v) is 1.18. The SMILES string of the molecule is C=C/C=C(\N=C)c1ccc(B(O)O)cc1. The topological polar surface area (TPSA) is 52.8 Å². The van der Waals surface area contributed by atoms with Gasteiger partial charge in [-0.05, 0) is 18.3 Å². The Balaban J connectivity index is 3.02. The first kappa shape index (κ1) is 11.4. The number of allylic oxidation sites excluding steroid dienone is 2. The summed E-state index contributed by atoms with van der Waals surface area (Å²) in [5.41, 5.74) is 2.00. The van der Waals surface area contributed by atoms with E-state index in [9.17, 15) is 0 Å². The van der Waals surface area contributed by atoms with Gasteiger partial charge in [0, 0.05) is 5.56 Å². The van der Waals surface area contributed by atoms with Gasteiger partial charge in [0.1, 0.15) is 0 Å². The molecule has 0 bridgehead atoms. The molecule has 15 heavy (non-hydrogen) atoms. The summed E-state index contributed by atoms with van der Waals surface area (Å²) >= 11 is 0. The summed E-state index contributed by atoms with van der Waals surface area (Å²) in [6.45, 7) is 7.02. The minimum absolute atomic E-state index is 0.445. The maximum Gasteiger partial charge on any atom is 0.488 e. The molecule has 3 nitrogen and oxygen atoms in total. The van der Waals surface area contributed by atoms with Gasteiger partial charge < -0.3 is 10.0 Å². The largest absolute Gasteiger partial charge is 0.488 e.